The second-order valence-electron chi connectivity index (χ2n) is 9.00. The van der Waals surface area contributed by atoms with Crippen molar-refractivity contribution in [2.45, 2.75) is 77.4 Å². The average molecular weight is 405 g/mol. The molecule has 1 rings (SSSR count). The van der Waals surface area contributed by atoms with Crippen LogP contribution < -0.4 is 4.72 Å². The molecule has 0 amide bonds. The van der Waals surface area contributed by atoms with Crippen molar-refractivity contribution in [2.75, 3.05) is 6.61 Å². The third kappa shape index (κ3) is 6.52. The molecule has 0 radical (unpaired) electrons. The van der Waals surface area contributed by atoms with Crippen LogP contribution in [0.15, 0.2) is 12.3 Å². The maximum absolute atomic E-state index is 12.6. The van der Waals surface area contributed by atoms with Crippen molar-refractivity contribution in [3.63, 3.8) is 0 Å². The average Bonchev–Trinajstić information content (AvgIpc) is 2.44. The van der Waals surface area contributed by atoms with E-state index in [9.17, 15) is 4.55 Å². The number of hydrogen-bond acceptors (Lipinski definition) is 4. The zero-order chi connectivity index (χ0) is 19.6. The summed E-state index contributed by atoms with van der Waals surface area (Å²) in [6, 6.07) is 1.79. The van der Waals surface area contributed by atoms with Gasteiger partial charge in [0, 0.05) is 17.6 Å². The van der Waals surface area contributed by atoms with Crippen LogP contribution in [-0.2, 0) is 15.8 Å². The smallest absolute Gasteiger partial charge is 0.192 e. The third-order valence-electron chi connectivity index (χ3n) is 4.66. The Morgan fingerprint density at radius 1 is 1.28 bits per heavy atom. The van der Waals surface area contributed by atoms with E-state index in [2.05, 4.69) is 43.6 Å². The highest BCUT2D eigenvalue weighted by molar-refractivity contribution is 7.90. The van der Waals surface area contributed by atoms with E-state index in [1.807, 2.05) is 33.8 Å². The number of hydrogen-bond donors (Lipinski definition) is 1. The quantitative estimate of drug-likeness (QED) is 0.404. The second kappa shape index (κ2) is 8.27. The molecule has 1 heterocycles. The summed E-state index contributed by atoms with van der Waals surface area (Å²) in [6.07, 6.45) is 1.74. The Morgan fingerprint density at radius 2 is 1.84 bits per heavy atom. The van der Waals surface area contributed by atoms with E-state index in [0.29, 0.717) is 11.8 Å². The van der Waals surface area contributed by atoms with Gasteiger partial charge in [0.05, 0.1) is 6.61 Å². The molecule has 0 spiro atoms. The van der Waals surface area contributed by atoms with Gasteiger partial charge in [0.1, 0.15) is 15.9 Å². The monoisotopic (exact) mass is 404 g/mol. The minimum absolute atomic E-state index is 0.120. The molecule has 1 aromatic rings. The lowest BCUT2D eigenvalue weighted by molar-refractivity contribution is 0.256. The number of aryl methyl sites for hydroxylation is 1. The summed E-state index contributed by atoms with van der Waals surface area (Å²) < 4.78 is 21.9. The summed E-state index contributed by atoms with van der Waals surface area (Å²) >= 11 is 4.85. The summed E-state index contributed by atoms with van der Waals surface area (Å²) in [7, 11) is -1.91. The fraction of sp³-hybridized carbons (Fsp3) is 0.722. The summed E-state index contributed by atoms with van der Waals surface area (Å²) in [5.74, 6) is 0. The van der Waals surface area contributed by atoms with Gasteiger partial charge in [-0.3, -0.25) is 0 Å². The van der Waals surface area contributed by atoms with Gasteiger partial charge in [0.15, 0.2) is 8.32 Å². The fourth-order valence-corrected chi connectivity index (χ4v) is 3.72. The first-order valence-corrected chi connectivity index (χ1v) is 13.0. The van der Waals surface area contributed by atoms with Gasteiger partial charge in [0.2, 0.25) is 0 Å². The summed E-state index contributed by atoms with van der Waals surface area (Å²) in [5, 5.41) is 0.610. The molecule has 0 fully saturated rings. The molecule has 0 aliphatic heterocycles. The molecule has 0 saturated carbocycles. The molecule has 2 unspecified atom stereocenters. The van der Waals surface area contributed by atoms with Crippen LogP contribution in [0.1, 0.15) is 58.7 Å². The van der Waals surface area contributed by atoms with Crippen molar-refractivity contribution in [2.24, 2.45) is 0 Å². The number of halogens is 1. The van der Waals surface area contributed by atoms with E-state index in [4.69, 9.17) is 16.0 Å². The largest absolute Gasteiger partial charge is 0.598 e. The minimum Gasteiger partial charge on any atom is -0.598 e. The van der Waals surface area contributed by atoms with E-state index in [1.54, 1.807) is 6.20 Å². The summed E-state index contributed by atoms with van der Waals surface area (Å²) in [5.41, 5.74) is 1.85. The highest BCUT2D eigenvalue weighted by Crippen LogP contribution is 2.37. The summed E-state index contributed by atoms with van der Waals surface area (Å²) in [6.45, 7) is 19.3. The van der Waals surface area contributed by atoms with Crippen molar-refractivity contribution in [3.05, 3.63) is 28.5 Å². The van der Waals surface area contributed by atoms with E-state index in [0.717, 1.165) is 11.1 Å². The Hall–Kier alpha value is -0.113. The molecule has 0 aliphatic rings. The van der Waals surface area contributed by atoms with Crippen molar-refractivity contribution < 1.29 is 8.98 Å². The predicted molar refractivity (Wildman–Crippen MR) is 111 cm³/mol. The SMILES string of the molecule is Cc1cc(C(CO[Si](C)(C)C(C)(C)C)N[S+]([O-])C(C)(C)C)cnc1Cl. The van der Waals surface area contributed by atoms with Gasteiger partial charge in [-0.15, -0.1) is 4.72 Å². The molecule has 4 nitrogen and oxygen atoms in total. The van der Waals surface area contributed by atoms with Crippen molar-refractivity contribution in [1.82, 2.24) is 9.71 Å². The Balaban J connectivity index is 3.05. The number of nitrogens with one attached hydrogen (secondary N) is 1. The molecule has 7 heteroatoms. The Kier molecular flexibility index (Phi) is 7.59. The molecule has 0 bridgehead atoms. The van der Waals surface area contributed by atoms with Crippen LogP contribution in [0.4, 0.5) is 0 Å². The summed E-state index contributed by atoms with van der Waals surface area (Å²) in [4.78, 5) is 4.24. The zero-order valence-electron chi connectivity index (χ0n) is 17.0. The van der Waals surface area contributed by atoms with Crippen LogP contribution in [0.3, 0.4) is 0 Å². The van der Waals surface area contributed by atoms with Crippen LogP contribution in [0.25, 0.3) is 0 Å². The molecular formula is C18H33ClN2O2SSi. The highest BCUT2D eigenvalue weighted by Gasteiger charge is 2.38. The Morgan fingerprint density at radius 3 is 2.28 bits per heavy atom. The first-order chi connectivity index (χ1) is 11.1. The normalized spacial score (nSPS) is 16.0. The van der Waals surface area contributed by atoms with Gasteiger partial charge in [-0.05, 0) is 63.0 Å². The molecule has 0 aliphatic carbocycles. The van der Waals surface area contributed by atoms with Crippen LogP contribution in [0.5, 0.6) is 0 Å². The molecule has 0 aromatic carbocycles. The standard InChI is InChI=1S/C18H33ClN2O2SSi/c1-13-10-14(11-20-16(13)19)15(21-24(22)17(2,3)4)12-23-25(8,9)18(5,6)7/h10-11,15,21H,12H2,1-9H3. The lowest BCUT2D eigenvalue weighted by Crippen LogP contribution is -2.46. The van der Waals surface area contributed by atoms with E-state index in [1.165, 1.54) is 0 Å². The minimum atomic E-state index is -1.91. The maximum atomic E-state index is 12.6. The van der Waals surface area contributed by atoms with Crippen LogP contribution in [0, 0.1) is 6.92 Å². The molecule has 1 aromatic heterocycles. The predicted octanol–water partition coefficient (Wildman–Crippen LogP) is 5.16. The van der Waals surface area contributed by atoms with Gasteiger partial charge in [0.25, 0.3) is 0 Å². The zero-order valence-corrected chi connectivity index (χ0v) is 19.6. The Labute approximate surface area is 162 Å². The lowest BCUT2D eigenvalue weighted by Gasteiger charge is -2.37. The topological polar surface area (TPSA) is 57.2 Å². The fourth-order valence-electron chi connectivity index (χ4n) is 1.78. The third-order valence-corrected chi connectivity index (χ3v) is 11.2. The van der Waals surface area contributed by atoms with Gasteiger partial charge in [-0.2, -0.15) is 0 Å². The molecule has 25 heavy (non-hydrogen) atoms. The molecule has 2 atom stereocenters. The second-order valence-corrected chi connectivity index (χ2v) is 16.2. The van der Waals surface area contributed by atoms with Crippen LogP contribution >= 0.6 is 11.6 Å². The van der Waals surface area contributed by atoms with E-state index >= 15 is 0 Å². The maximum Gasteiger partial charge on any atom is 0.192 e. The van der Waals surface area contributed by atoms with Gasteiger partial charge >= 0.3 is 0 Å². The van der Waals surface area contributed by atoms with Crippen molar-refractivity contribution in [3.8, 4) is 0 Å². The first-order valence-electron chi connectivity index (χ1n) is 8.59. The first kappa shape index (κ1) is 22.9. The molecular weight excluding hydrogens is 372 g/mol. The van der Waals surface area contributed by atoms with Crippen molar-refractivity contribution >= 4 is 31.3 Å². The van der Waals surface area contributed by atoms with Crippen LogP contribution in [-0.4, -0.2) is 29.2 Å². The number of aromatic nitrogens is 1. The number of nitrogens with zero attached hydrogens (tertiary/aromatic N) is 1. The Bertz CT molecular complexity index is 585. The molecule has 0 saturated heterocycles. The van der Waals surface area contributed by atoms with E-state index < -0.39 is 19.7 Å². The molecule has 1 N–H and O–H groups in total. The number of rotatable bonds is 6. The van der Waals surface area contributed by atoms with Crippen molar-refractivity contribution in [1.29, 1.82) is 0 Å². The number of pyridine rings is 1. The lowest BCUT2D eigenvalue weighted by atomic mass is 10.1. The van der Waals surface area contributed by atoms with Crippen LogP contribution in [0.2, 0.25) is 23.3 Å². The highest BCUT2D eigenvalue weighted by atomic mass is 35.5. The van der Waals surface area contributed by atoms with Gasteiger partial charge < -0.3 is 8.98 Å². The molecule has 144 valence electrons. The van der Waals surface area contributed by atoms with Gasteiger partial charge in [-0.25, -0.2) is 4.98 Å². The van der Waals surface area contributed by atoms with E-state index in [-0.39, 0.29) is 15.8 Å². The van der Waals surface area contributed by atoms with Gasteiger partial charge in [-0.1, -0.05) is 32.4 Å².